The van der Waals surface area contributed by atoms with E-state index in [2.05, 4.69) is 15.6 Å². The van der Waals surface area contributed by atoms with Gasteiger partial charge in [-0.3, -0.25) is 14.6 Å². The molecule has 1 aromatic rings. The summed E-state index contributed by atoms with van der Waals surface area (Å²) in [5.74, 6) is -2.06. The standard InChI is InChI=1S/C15H15N3O5S/c19-6-8-10(15(22)23)18-14(24-8)11-13(21)16-9(12(20)17-11)7-4-2-1-3-5-7/h1-5,8-9,11,14,19H,6H2,(H,16,21)(H,17,20)(H,22,23)/t8-,9?,11+,14-/m0/s1. The number of aliphatic carboxylic acids is 1. The predicted molar refractivity (Wildman–Crippen MR) is 86.6 cm³/mol. The number of hydrogen-bond donors (Lipinski definition) is 4. The van der Waals surface area contributed by atoms with E-state index in [0.29, 0.717) is 5.56 Å². The van der Waals surface area contributed by atoms with Gasteiger partial charge in [0, 0.05) is 0 Å². The van der Waals surface area contributed by atoms with Crippen LogP contribution in [-0.4, -0.2) is 57.0 Å². The van der Waals surface area contributed by atoms with Crippen LogP contribution in [0.1, 0.15) is 11.6 Å². The van der Waals surface area contributed by atoms with Crippen molar-refractivity contribution in [3.63, 3.8) is 0 Å². The summed E-state index contributed by atoms with van der Waals surface area (Å²) in [6, 6.07) is 7.04. The molecule has 9 heteroatoms. The van der Waals surface area contributed by atoms with Gasteiger partial charge in [0.25, 0.3) is 0 Å². The number of aliphatic imine (C=N–C) groups is 1. The molecule has 4 atom stereocenters. The van der Waals surface area contributed by atoms with Crippen molar-refractivity contribution in [3.05, 3.63) is 35.9 Å². The van der Waals surface area contributed by atoms with Crippen LogP contribution >= 0.6 is 11.8 Å². The molecule has 2 aliphatic heterocycles. The van der Waals surface area contributed by atoms with Gasteiger partial charge in [-0.05, 0) is 5.56 Å². The predicted octanol–water partition coefficient (Wildman–Crippen LogP) is -0.698. The van der Waals surface area contributed by atoms with Crippen molar-refractivity contribution in [1.82, 2.24) is 10.6 Å². The normalized spacial score (nSPS) is 29.6. The third kappa shape index (κ3) is 3.00. The van der Waals surface area contributed by atoms with Gasteiger partial charge >= 0.3 is 5.97 Å². The van der Waals surface area contributed by atoms with E-state index in [-0.39, 0.29) is 11.6 Å². The fourth-order valence-electron chi connectivity index (χ4n) is 2.64. The lowest BCUT2D eigenvalue weighted by Crippen LogP contribution is -2.60. The molecule has 0 spiro atoms. The van der Waals surface area contributed by atoms with Gasteiger partial charge in [-0.1, -0.05) is 30.3 Å². The fourth-order valence-corrected chi connectivity index (χ4v) is 3.88. The number of carboxylic acids is 1. The van der Waals surface area contributed by atoms with E-state index in [0.717, 1.165) is 11.8 Å². The monoisotopic (exact) mass is 349 g/mol. The Bertz CT molecular complexity index is 708. The highest BCUT2D eigenvalue weighted by Gasteiger charge is 2.44. The van der Waals surface area contributed by atoms with Gasteiger partial charge in [-0.15, -0.1) is 11.8 Å². The van der Waals surface area contributed by atoms with Crippen LogP contribution in [0.3, 0.4) is 0 Å². The number of piperazine rings is 1. The van der Waals surface area contributed by atoms with Crippen LogP contribution in [0.15, 0.2) is 35.3 Å². The molecular weight excluding hydrogens is 334 g/mol. The molecule has 2 heterocycles. The average Bonchev–Trinajstić information content (AvgIpc) is 3.02. The first-order valence-electron chi connectivity index (χ1n) is 7.24. The zero-order valence-electron chi connectivity index (χ0n) is 12.4. The lowest BCUT2D eigenvalue weighted by molar-refractivity contribution is -0.136. The molecule has 2 aliphatic rings. The largest absolute Gasteiger partial charge is 0.477 e. The smallest absolute Gasteiger partial charge is 0.351 e. The van der Waals surface area contributed by atoms with Crippen LogP contribution in [-0.2, 0) is 14.4 Å². The number of carbonyl (C=O) groups is 3. The van der Waals surface area contributed by atoms with E-state index in [1.54, 1.807) is 30.3 Å². The van der Waals surface area contributed by atoms with E-state index >= 15 is 0 Å². The highest BCUT2D eigenvalue weighted by atomic mass is 32.2. The Kier molecular flexibility index (Phi) is 4.54. The van der Waals surface area contributed by atoms with Crippen LogP contribution in [0.5, 0.6) is 0 Å². The summed E-state index contributed by atoms with van der Waals surface area (Å²) in [6.07, 6.45) is 0. The zero-order valence-corrected chi connectivity index (χ0v) is 13.2. The molecule has 1 fully saturated rings. The molecule has 0 aromatic heterocycles. The number of carboxylic acid groups (broad SMARTS) is 1. The van der Waals surface area contributed by atoms with Gasteiger partial charge in [0.2, 0.25) is 11.8 Å². The molecule has 0 saturated carbocycles. The Balaban J connectivity index is 1.77. The summed E-state index contributed by atoms with van der Waals surface area (Å²) >= 11 is 1.05. The highest BCUT2D eigenvalue weighted by molar-refractivity contribution is 8.01. The number of thioether (sulfide) groups is 1. The van der Waals surface area contributed by atoms with Crippen molar-refractivity contribution in [2.75, 3.05) is 6.61 Å². The summed E-state index contributed by atoms with van der Waals surface area (Å²) in [6.45, 7) is -0.402. The maximum absolute atomic E-state index is 12.4. The molecule has 126 valence electrons. The fraction of sp³-hybridized carbons (Fsp3) is 0.333. The zero-order chi connectivity index (χ0) is 17.3. The van der Waals surface area contributed by atoms with Gasteiger partial charge < -0.3 is 20.8 Å². The Hall–Kier alpha value is -2.39. The molecule has 0 radical (unpaired) electrons. The summed E-state index contributed by atoms with van der Waals surface area (Å²) in [7, 11) is 0. The molecule has 8 nitrogen and oxygen atoms in total. The van der Waals surface area contributed by atoms with Crippen molar-refractivity contribution < 1.29 is 24.6 Å². The number of rotatable bonds is 4. The van der Waals surface area contributed by atoms with Crippen molar-refractivity contribution in [1.29, 1.82) is 0 Å². The first-order valence-corrected chi connectivity index (χ1v) is 8.18. The van der Waals surface area contributed by atoms with Gasteiger partial charge in [-0.25, -0.2) is 4.79 Å². The van der Waals surface area contributed by atoms with Crippen molar-refractivity contribution in [2.24, 2.45) is 4.99 Å². The topological polar surface area (TPSA) is 128 Å². The number of carbonyl (C=O) groups excluding carboxylic acids is 2. The second-order valence-corrected chi connectivity index (χ2v) is 6.68. The molecular formula is C15H15N3O5S. The van der Waals surface area contributed by atoms with Crippen molar-refractivity contribution in [2.45, 2.75) is 22.7 Å². The first kappa shape index (κ1) is 16.5. The van der Waals surface area contributed by atoms with E-state index in [1.807, 2.05) is 0 Å². The summed E-state index contributed by atoms with van der Waals surface area (Å²) in [5, 5.41) is 22.1. The number of hydrogen-bond acceptors (Lipinski definition) is 6. The second kappa shape index (κ2) is 6.62. The minimum Gasteiger partial charge on any atom is -0.477 e. The molecule has 1 unspecified atom stereocenters. The molecule has 3 rings (SSSR count). The number of amides is 2. The third-order valence-electron chi connectivity index (χ3n) is 3.81. The first-order chi connectivity index (χ1) is 11.5. The van der Waals surface area contributed by atoms with Crippen molar-refractivity contribution >= 4 is 35.3 Å². The van der Waals surface area contributed by atoms with Gasteiger partial charge in [0.1, 0.15) is 23.2 Å². The molecule has 1 aromatic carbocycles. The van der Waals surface area contributed by atoms with Crippen LogP contribution < -0.4 is 10.6 Å². The Morgan fingerprint density at radius 3 is 2.46 bits per heavy atom. The van der Waals surface area contributed by atoms with E-state index in [9.17, 15) is 19.5 Å². The van der Waals surface area contributed by atoms with Gasteiger partial charge in [0.05, 0.1) is 11.9 Å². The molecule has 0 aliphatic carbocycles. The SMILES string of the molecule is O=C(O)C1=N[C@H]([C@@H]2NC(=O)C(c3ccccc3)NC2=O)S[C@H]1CO. The maximum Gasteiger partial charge on any atom is 0.351 e. The lowest BCUT2D eigenvalue weighted by Gasteiger charge is -2.31. The van der Waals surface area contributed by atoms with Crippen LogP contribution in [0.4, 0.5) is 0 Å². The molecule has 1 saturated heterocycles. The Labute approximate surface area is 141 Å². The molecule has 24 heavy (non-hydrogen) atoms. The second-order valence-electron chi connectivity index (χ2n) is 5.36. The summed E-state index contributed by atoms with van der Waals surface area (Å²) < 4.78 is 0. The number of benzene rings is 1. The Morgan fingerprint density at radius 2 is 1.88 bits per heavy atom. The summed E-state index contributed by atoms with van der Waals surface area (Å²) in [5.41, 5.74) is 0.462. The Morgan fingerprint density at radius 1 is 1.17 bits per heavy atom. The minimum absolute atomic E-state index is 0.195. The average molecular weight is 349 g/mol. The van der Waals surface area contributed by atoms with E-state index in [4.69, 9.17) is 5.11 Å². The number of nitrogens with zero attached hydrogens (tertiary/aromatic N) is 1. The minimum atomic E-state index is -1.24. The quantitative estimate of drug-likeness (QED) is 0.569. The van der Waals surface area contributed by atoms with E-state index < -0.39 is 41.2 Å². The molecule has 0 bridgehead atoms. The highest BCUT2D eigenvalue weighted by Crippen LogP contribution is 2.32. The van der Waals surface area contributed by atoms with Crippen LogP contribution in [0.2, 0.25) is 0 Å². The van der Waals surface area contributed by atoms with Gasteiger partial charge in [-0.2, -0.15) is 0 Å². The number of aliphatic hydroxyl groups excluding tert-OH is 1. The lowest BCUT2D eigenvalue weighted by atomic mass is 10.0. The maximum atomic E-state index is 12.4. The van der Waals surface area contributed by atoms with Crippen LogP contribution in [0.25, 0.3) is 0 Å². The van der Waals surface area contributed by atoms with Crippen molar-refractivity contribution in [3.8, 4) is 0 Å². The van der Waals surface area contributed by atoms with E-state index in [1.165, 1.54) is 0 Å². The number of aliphatic hydroxyl groups is 1. The third-order valence-corrected chi connectivity index (χ3v) is 5.16. The van der Waals surface area contributed by atoms with Gasteiger partial charge in [0.15, 0.2) is 0 Å². The molecule has 2 amide bonds. The number of nitrogens with one attached hydrogen (secondary N) is 2. The van der Waals surface area contributed by atoms with Crippen LogP contribution in [0, 0.1) is 0 Å². The summed E-state index contributed by atoms with van der Waals surface area (Å²) in [4.78, 5) is 39.8. The molecule has 4 N–H and O–H groups in total.